The number of benzene rings is 2. The summed E-state index contributed by atoms with van der Waals surface area (Å²) in [6.07, 6.45) is -3.13. The first kappa shape index (κ1) is 19.5. The molecule has 3 rings (SSSR count). The van der Waals surface area contributed by atoms with Crippen LogP contribution in [0, 0.1) is 0 Å². The molecule has 0 saturated carbocycles. The Bertz CT molecular complexity index is 1060. The highest BCUT2D eigenvalue weighted by Crippen LogP contribution is 2.24. The summed E-state index contributed by atoms with van der Waals surface area (Å²) in [5, 5.41) is 3.56. The van der Waals surface area contributed by atoms with Gasteiger partial charge in [-0.15, -0.1) is 13.2 Å². The van der Waals surface area contributed by atoms with Crippen LogP contribution in [0.25, 0.3) is 10.9 Å². The second kappa shape index (κ2) is 7.75. The lowest BCUT2D eigenvalue weighted by atomic mass is 10.0. The second-order valence-corrected chi connectivity index (χ2v) is 6.20. The van der Waals surface area contributed by atoms with Gasteiger partial charge in [0.1, 0.15) is 5.75 Å². The minimum atomic E-state index is -4.79. The van der Waals surface area contributed by atoms with Gasteiger partial charge < -0.3 is 15.0 Å². The van der Waals surface area contributed by atoms with E-state index >= 15 is 0 Å². The Labute approximate surface area is 158 Å². The molecule has 0 aliphatic carbocycles. The highest BCUT2D eigenvalue weighted by molar-refractivity contribution is 6.05. The number of fused-ring (bicyclic) bond motifs is 1. The Morgan fingerprint density at radius 1 is 1.11 bits per heavy atom. The summed E-state index contributed by atoms with van der Waals surface area (Å²) in [4.78, 5) is 26.9. The first-order valence-corrected chi connectivity index (χ1v) is 8.58. The molecule has 1 aromatic heterocycles. The molecule has 0 atom stereocenters. The normalized spacial score (nSPS) is 11.4. The third kappa shape index (κ3) is 4.70. The summed E-state index contributed by atoms with van der Waals surface area (Å²) in [7, 11) is 0. The van der Waals surface area contributed by atoms with Crippen molar-refractivity contribution in [1.29, 1.82) is 0 Å². The van der Waals surface area contributed by atoms with E-state index in [1.165, 1.54) is 12.1 Å². The number of amides is 1. The number of rotatable bonds is 5. The molecule has 5 nitrogen and oxygen atoms in total. The molecule has 8 heteroatoms. The molecule has 1 heterocycles. The van der Waals surface area contributed by atoms with Gasteiger partial charge in [-0.3, -0.25) is 9.59 Å². The third-order valence-electron chi connectivity index (χ3n) is 4.06. The van der Waals surface area contributed by atoms with E-state index in [0.29, 0.717) is 11.2 Å². The van der Waals surface area contributed by atoms with Crippen molar-refractivity contribution in [2.24, 2.45) is 0 Å². The Morgan fingerprint density at radius 2 is 1.82 bits per heavy atom. The lowest BCUT2D eigenvalue weighted by Crippen LogP contribution is -2.17. The Kier molecular flexibility index (Phi) is 5.39. The van der Waals surface area contributed by atoms with Gasteiger partial charge in [-0.1, -0.05) is 19.4 Å². The number of H-pyrrole nitrogens is 1. The zero-order valence-corrected chi connectivity index (χ0v) is 14.9. The van der Waals surface area contributed by atoms with Crippen LogP contribution in [-0.2, 0) is 6.42 Å². The standard InChI is InChI=1S/C20H17F3N2O3/c1-2-3-13-10-18(26)25-17-11-14(6-9-16(13)17)24-19(27)12-4-7-15(8-5-12)28-20(21,22)23/h4-11H,2-3H2,1H3,(H,24,27)(H,25,26). The van der Waals surface area contributed by atoms with E-state index in [0.717, 1.165) is 35.9 Å². The molecule has 0 radical (unpaired) electrons. The molecule has 0 unspecified atom stereocenters. The van der Waals surface area contributed by atoms with Gasteiger partial charge in [-0.25, -0.2) is 0 Å². The average Bonchev–Trinajstić information content (AvgIpc) is 2.60. The molecule has 3 aromatic rings. The van der Waals surface area contributed by atoms with Gasteiger partial charge >= 0.3 is 6.36 Å². The van der Waals surface area contributed by atoms with Crippen molar-refractivity contribution < 1.29 is 22.7 Å². The minimum Gasteiger partial charge on any atom is -0.406 e. The fourth-order valence-corrected chi connectivity index (χ4v) is 2.90. The number of aromatic amines is 1. The quantitative estimate of drug-likeness (QED) is 0.667. The molecule has 28 heavy (non-hydrogen) atoms. The van der Waals surface area contributed by atoms with Gasteiger partial charge in [-0.05, 0) is 48.4 Å². The summed E-state index contributed by atoms with van der Waals surface area (Å²) in [6, 6.07) is 11.3. The molecule has 0 bridgehead atoms. The van der Waals surface area contributed by atoms with Gasteiger partial charge in [-0.2, -0.15) is 0 Å². The summed E-state index contributed by atoms with van der Waals surface area (Å²) in [5.41, 5.74) is 1.93. The van der Waals surface area contributed by atoms with Gasteiger partial charge in [0.05, 0.1) is 5.52 Å². The summed E-state index contributed by atoms with van der Waals surface area (Å²) in [5.74, 6) is -0.902. The maximum Gasteiger partial charge on any atom is 0.573 e. The lowest BCUT2D eigenvalue weighted by Gasteiger charge is -2.10. The van der Waals surface area contributed by atoms with E-state index in [2.05, 4.69) is 15.0 Å². The molecule has 146 valence electrons. The van der Waals surface area contributed by atoms with Crippen LogP contribution in [0.3, 0.4) is 0 Å². The maximum atomic E-state index is 12.3. The third-order valence-corrected chi connectivity index (χ3v) is 4.06. The van der Waals surface area contributed by atoms with Crippen molar-refractivity contribution in [3.8, 4) is 5.75 Å². The van der Waals surface area contributed by atoms with Crippen molar-refractivity contribution in [2.45, 2.75) is 26.1 Å². The highest BCUT2D eigenvalue weighted by Gasteiger charge is 2.31. The summed E-state index contributed by atoms with van der Waals surface area (Å²) < 4.78 is 40.4. The number of aromatic nitrogens is 1. The fraction of sp³-hybridized carbons (Fsp3) is 0.200. The number of hydrogen-bond donors (Lipinski definition) is 2. The molecular weight excluding hydrogens is 373 g/mol. The molecule has 1 amide bonds. The van der Waals surface area contributed by atoms with Crippen LogP contribution < -0.4 is 15.6 Å². The van der Waals surface area contributed by atoms with Crippen molar-refractivity contribution in [3.63, 3.8) is 0 Å². The highest BCUT2D eigenvalue weighted by atomic mass is 19.4. The number of ether oxygens (including phenoxy) is 1. The predicted octanol–water partition coefficient (Wildman–Crippen LogP) is 4.63. The number of carbonyl (C=O) groups excluding carboxylic acids is 1. The van der Waals surface area contributed by atoms with E-state index in [1.54, 1.807) is 18.2 Å². The van der Waals surface area contributed by atoms with Crippen LogP contribution in [0.4, 0.5) is 18.9 Å². The monoisotopic (exact) mass is 390 g/mol. The first-order valence-electron chi connectivity index (χ1n) is 8.58. The molecule has 0 fully saturated rings. The summed E-state index contributed by atoms with van der Waals surface area (Å²) in [6.45, 7) is 2.02. The SMILES string of the molecule is CCCc1cc(=O)[nH]c2cc(NC(=O)c3ccc(OC(F)(F)F)cc3)ccc12. The lowest BCUT2D eigenvalue weighted by molar-refractivity contribution is -0.274. The fourth-order valence-electron chi connectivity index (χ4n) is 2.90. The van der Waals surface area contributed by atoms with Gasteiger partial charge in [0, 0.05) is 22.7 Å². The number of alkyl halides is 3. The van der Waals surface area contributed by atoms with Crippen molar-refractivity contribution in [1.82, 2.24) is 4.98 Å². The van der Waals surface area contributed by atoms with Crippen LogP contribution in [0.1, 0.15) is 29.3 Å². The number of nitrogens with one attached hydrogen (secondary N) is 2. The van der Waals surface area contributed by atoms with Crippen molar-refractivity contribution in [2.75, 3.05) is 5.32 Å². The molecule has 2 N–H and O–H groups in total. The van der Waals surface area contributed by atoms with Gasteiger partial charge in [0.25, 0.3) is 5.91 Å². The van der Waals surface area contributed by atoms with Crippen molar-refractivity contribution >= 4 is 22.5 Å². The molecule has 0 aliphatic rings. The largest absolute Gasteiger partial charge is 0.573 e. The number of halogens is 3. The van der Waals surface area contributed by atoms with Crippen LogP contribution in [-0.4, -0.2) is 17.3 Å². The van der Waals surface area contributed by atoms with Gasteiger partial charge in [0.2, 0.25) is 5.56 Å². The van der Waals surface area contributed by atoms with Crippen LogP contribution in [0.15, 0.2) is 53.3 Å². The topological polar surface area (TPSA) is 71.2 Å². The van der Waals surface area contributed by atoms with Crippen LogP contribution in [0.2, 0.25) is 0 Å². The molecule has 0 aliphatic heterocycles. The zero-order valence-electron chi connectivity index (χ0n) is 14.9. The Hall–Kier alpha value is -3.29. The molecular formula is C20H17F3N2O3. The number of aryl methyl sites for hydroxylation is 1. The van der Waals surface area contributed by atoms with E-state index < -0.39 is 18.0 Å². The molecule has 0 spiro atoms. The van der Waals surface area contributed by atoms with Gasteiger partial charge in [0.15, 0.2) is 0 Å². The van der Waals surface area contributed by atoms with E-state index in [1.807, 2.05) is 13.0 Å². The van der Waals surface area contributed by atoms with E-state index in [9.17, 15) is 22.8 Å². The van der Waals surface area contributed by atoms with E-state index in [4.69, 9.17) is 0 Å². The Balaban J connectivity index is 1.80. The number of hydrogen-bond acceptors (Lipinski definition) is 3. The number of pyridine rings is 1. The van der Waals surface area contributed by atoms with Crippen LogP contribution >= 0.6 is 0 Å². The Morgan fingerprint density at radius 3 is 2.46 bits per heavy atom. The average molecular weight is 390 g/mol. The first-order chi connectivity index (χ1) is 13.2. The molecule has 2 aromatic carbocycles. The van der Waals surface area contributed by atoms with Crippen LogP contribution in [0.5, 0.6) is 5.75 Å². The number of carbonyl (C=O) groups is 1. The smallest absolute Gasteiger partial charge is 0.406 e. The second-order valence-electron chi connectivity index (χ2n) is 6.20. The van der Waals surface area contributed by atoms with Crippen molar-refractivity contribution in [3.05, 3.63) is 70.0 Å². The maximum absolute atomic E-state index is 12.3. The summed E-state index contributed by atoms with van der Waals surface area (Å²) >= 11 is 0. The minimum absolute atomic E-state index is 0.169. The van der Waals surface area contributed by atoms with E-state index in [-0.39, 0.29) is 11.1 Å². The predicted molar refractivity (Wildman–Crippen MR) is 99.6 cm³/mol. The molecule has 0 saturated heterocycles. The zero-order chi connectivity index (χ0) is 20.3. The number of anilines is 1.